The Morgan fingerprint density at radius 1 is 1.00 bits per heavy atom. The summed E-state index contributed by atoms with van der Waals surface area (Å²) in [5.41, 5.74) is 3.19. The van der Waals surface area contributed by atoms with Crippen LogP contribution >= 0.6 is 11.6 Å². The first-order valence-corrected chi connectivity index (χ1v) is 8.74. The Bertz CT molecular complexity index is 871. The Morgan fingerprint density at radius 2 is 1.80 bits per heavy atom. The highest BCUT2D eigenvalue weighted by Gasteiger charge is 2.04. The molecular formula is C20H21ClN4. The van der Waals surface area contributed by atoms with Crippen LogP contribution < -0.4 is 10.6 Å². The molecule has 0 radical (unpaired) electrons. The van der Waals surface area contributed by atoms with Crippen molar-refractivity contribution in [2.75, 3.05) is 6.54 Å². The molecular weight excluding hydrogens is 332 g/mol. The smallest absolute Gasteiger partial charge is 0.191 e. The van der Waals surface area contributed by atoms with Gasteiger partial charge < -0.3 is 10.6 Å². The zero-order valence-electron chi connectivity index (χ0n) is 14.2. The van der Waals surface area contributed by atoms with Crippen molar-refractivity contribution in [1.82, 2.24) is 15.6 Å². The summed E-state index contributed by atoms with van der Waals surface area (Å²) in [5, 5.41) is 8.50. The molecule has 0 amide bonds. The van der Waals surface area contributed by atoms with Gasteiger partial charge in [0.1, 0.15) is 0 Å². The molecule has 4 nitrogen and oxygen atoms in total. The van der Waals surface area contributed by atoms with Crippen LogP contribution in [0.25, 0.3) is 10.9 Å². The van der Waals surface area contributed by atoms with Gasteiger partial charge in [0.25, 0.3) is 0 Å². The molecule has 1 aromatic heterocycles. The van der Waals surface area contributed by atoms with Crippen LogP contribution in [0.3, 0.4) is 0 Å². The maximum Gasteiger partial charge on any atom is 0.191 e. The number of guanidine groups is 1. The molecule has 5 heteroatoms. The van der Waals surface area contributed by atoms with E-state index < -0.39 is 0 Å². The summed E-state index contributed by atoms with van der Waals surface area (Å²) in [5.74, 6) is 0.767. The van der Waals surface area contributed by atoms with E-state index in [0.29, 0.717) is 13.1 Å². The van der Waals surface area contributed by atoms with Crippen molar-refractivity contribution in [3.05, 3.63) is 76.9 Å². The lowest BCUT2D eigenvalue weighted by Gasteiger charge is -2.12. The summed E-state index contributed by atoms with van der Waals surface area (Å²) in [4.78, 5) is 9.10. The van der Waals surface area contributed by atoms with E-state index in [9.17, 15) is 0 Å². The maximum absolute atomic E-state index is 6.22. The number of hydrogen-bond donors (Lipinski definition) is 2. The highest BCUT2D eigenvalue weighted by molar-refractivity contribution is 6.31. The predicted molar refractivity (Wildman–Crippen MR) is 105 cm³/mol. The van der Waals surface area contributed by atoms with Crippen LogP contribution in [0.1, 0.15) is 18.1 Å². The third-order valence-electron chi connectivity index (χ3n) is 3.90. The van der Waals surface area contributed by atoms with E-state index >= 15 is 0 Å². The normalized spacial score (nSPS) is 11.5. The van der Waals surface area contributed by atoms with Crippen LogP contribution in [-0.2, 0) is 13.1 Å². The van der Waals surface area contributed by atoms with Gasteiger partial charge >= 0.3 is 0 Å². The maximum atomic E-state index is 6.22. The van der Waals surface area contributed by atoms with E-state index in [1.165, 1.54) is 0 Å². The molecule has 0 aliphatic carbocycles. The summed E-state index contributed by atoms with van der Waals surface area (Å²) in [7, 11) is 0. The Morgan fingerprint density at radius 3 is 2.64 bits per heavy atom. The molecule has 0 unspecified atom stereocenters. The number of aromatic nitrogens is 1. The van der Waals surface area contributed by atoms with Crippen molar-refractivity contribution in [2.24, 2.45) is 4.99 Å². The minimum atomic E-state index is 0.584. The first-order chi connectivity index (χ1) is 12.3. The summed E-state index contributed by atoms with van der Waals surface area (Å²) >= 11 is 6.22. The van der Waals surface area contributed by atoms with E-state index in [4.69, 9.17) is 16.6 Å². The molecule has 0 saturated carbocycles. The molecule has 0 atom stereocenters. The van der Waals surface area contributed by atoms with Gasteiger partial charge in [-0.3, -0.25) is 4.98 Å². The average molecular weight is 353 g/mol. The van der Waals surface area contributed by atoms with Crippen molar-refractivity contribution in [3.8, 4) is 0 Å². The van der Waals surface area contributed by atoms with E-state index in [0.717, 1.165) is 39.6 Å². The Labute approximate surface area is 153 Å². The van der Waals surface area contributed by atoms with Crippen LogP contribution in [0, 0.1) is 0 Å². The molecule has 1 heterocycles. The second-order valence-corrected chi connectivity index (χ2v) is 6.03. The number of para-hydroxylation sites is 1. The number of fused-ring (bicyclic) bond motifs is 1. The van der Waals surface area contributed by atoms with Crippen LogP contribution in [0.5, 0.6) is 0 Å². The first kappa shape index (κ1) is 17.2. The lowest BCUT2D eigenvalue weighted by Crippen LogP contribution is -2.36. The van der Waals surface area contributed by atoms with Gasteiger partial charge in [-0.2, -0.15) is 0 Å². The predicted octanol–water partition coefficient (Wildman–Crippen LogP) is 4.14. The molecule has 2 N–H and O–H groups in total. The number of hydrogen-bond acceptors (Lipinski definition) is 2. The third kappa shape index (κ3) is 4.48. The van der Waals surface area contributed by atoms with Crippen LogP contribution in [-0.4, -0.2) is 17.5 Å². The van der Waals surface area contributed by atoms with Crippen molar-refractivity contribution in [2.45, 2.75) is 20.0 Å². The highest BCUT2D eigenvalue weighted by Crippen LogP contribution is 2.17. The summed E-state index contributed by atoms with van der Waals surface area (Å²) in [6.45, 7) is 4.06. The summed E-state index contributed by atoms with van der Waals surface area (Å²) in [6, 6.07) is 18.0. The van der Waals surface area contributed by atoms with Gasteiger partial charge in [-0.15, -0.1) is 0 Å². The van der Waals surface area contributed by atoms with Gasteiger partial charge in [-0.05, 0) is 36.2 Å². The number of pyridine rings is 1. The van der Waals surface area contributed by atoms with Crippen molar-refractivity contribution >= 4 is 28.5 Å². The molecule has 0 aliphatic rings. The standard InChI is InChI=1S/C20H21ClN4/c1-2-22-20(25-14-16-7-3-5-9-18(16)21)24-13-15-11-12-23-19-10-6-4-8-17(15)19/h3-12H,2,13-14H2,1H3,(H2,22,24,25). The third-order valence-corrected chi connectivity index (χ3v) is 4.26. The summed E-state index contributed by atoms with van der Waals surface area (Å²) in [6.07, 6.45) is 1.83. The summed E-state index contributed by atoms with van der Waals surface area (Å²) < 4.78 is 0. The van der Waals surface area contributed by atoms with Crippen molar-refractivity contribution < 1.29 is 0 Å². The van der Waals surface area contributed by atoms with Gasteiger partial charge in [-0.1, -0.05) is 48.0 Å². The van der Waals surface area contributed by atoms with E-state index in [1.54, 1.807) is 0 Å². The fourth-order valence-electron chi connectivity index (χ4n) is 2.62. The van der Waals surface area contributed by atoms with Gasteiger partial charge in [0, 0.05) is 29.7 Å². The Kier molecular flexibility index (Phi) is 5.86. The number of aliphatic imine (C=N–C) groups is 1. The van der Waals surface area contributed by atoms with Crippen LogP contribution in [0.15, 0.2) is 65.8 Å². The number of benzene rings is 2. The second-order valence-electron chi connectivity index (χ2n) is 5.63. The molecule has 0 spiro atoms. The quantitative estimate of drug-likeness (QED) is 0.536. The average Bonchev–Trinajstić information content (AvgIpc) is 2.65. The molecule has 128 valence electrons. The Hall–Kier alpha value is -2.59. The molecule has 0 aliphatic heterocycles. The van der Waals surface area contributed by atoms with E-state index in [2.05, 4.69) is 28.6 Å². The van der Waals surface area contributed by atoms with Crippen molar-refractivity contribution in [1.29, 1.82) is 0 Å². The van der Waals surface area contributed by atoms with Gasteiger partial charge in [0.05, 0.1) is 12.1 Å². The lowest BCUT2D eigenvalue weighted by molar-refractivity contribution is 0.817. The first-order valence-electron chi connectivity index (χ1n) is 8.36. The molecule has 0 saturated heterocycles. The molecule has 2 aromatic carbocycles. The number of nitrogens with zero attached hydrogens (tertiary/aromatic N) is 2. The van der Waals surface area contributed by atoms with E-state index in [-0.39, 0.29) is 0 Å². The van der Waals surface area contributed by atoms with Gasteiger partial charge in [0.2, 0.25) is 0 Å². The van der Waals surface area contributed by atoms with Crippen LogP contribution in [0.2, 0.25) is 5.02 Å². The largest absolute Gasteiger partial charge is 0.357 e. The zero-order chi connectivity index (χ0) is 17.5. The van der Waals surface area contributed by atoms with Gasteiger partial charge in [0.15, 0.2) is 5.96 Å². The Balaban J connectivity index is 1.74. The minimum Gasteiger partial charge on any atom is -0.357 e. The highest BCUT2D eigenvalue weighted by atomic mass is 35.5. The molecule has 0 bridgehead atoms. The fraction of sp³-hybridized carbons (Fsp3) is 0.200. The minimum absolute atomic E-state index is 0.584. The molecule has 3 rings (SSSR count). The second kappa shape index (κ2) is 8.49. The van der Waals surface area contributed by atoms with Crippen LogP contribution in [0.4, 0.5) is 0 Å². The molecule has 0 fully saturated rings. The zero-order valence-corrected chi connectivity index (χ0v) is 14.9. The van der Waals surface area contributed by atoms with E-state index in [1.807, 2.05) is 54.7 Å². The number of halogens is 1. The SMILES string of the molecule is CCNC(=NCc1ccnc2ccccc12)NCc1ccccc1Cl. The monoisotopic (exact) mass is 352 g/mol. The van der Waals surface area contributed by atoms with Gasteiger partial charge in [-0.25, -0.2) is 4.99 Å². The number of rotatable bonds is 5. The number of nitrogens with one attached hydrogen (secondary N) is 2. The topological polar surface area (TPSA) is 49.3 Å². The van der Waals surface area contributed by atoms with Crippen molar-refractivity contribution in [3.63, 3.8) is 0 Å². The molecule has 3 aromatic rings. The lowest BCUT2D eigenvalue weighted by atomic mass is 10.1. The fourth-order valence-corrected chi connectivity index (χ4v) is 2.82. The molecule has 25 heavy (non-hydrogen) atoms.